The minimum absolute atomic E-state index is 0.0155. The molecule has 4 rings (SSSR count). The molecule has 258 valence electrons. The summed E-state index contributed by atoms with van der Waals surface area (Å²) in [6.45, 7) is 0.862. The van der Waals surface area contributed by atoms with E-state index in [4.69, 9.17) is 29.2 Å². The molecule has 13 heteroatoms. The fourth-order valence-electron chi connectivity index (χ4n) is 7.88. The van der Waals surface area contributed by atoms with Gasteiger partial charge in [0.25, 0.3) is 0 Å². The first kappa shape index (κ1) is 36.0. The van der Waals surface area contributed by atoms with Crippen molar-refractivity contribution in [2.75, 3.05) is 34.2 Å². The standard InChI is InChI=1S/C32H54N2O11/c1-40-32(38)21-4-5-22(18-44-39)29(16-21)33-23-6-10-25(11-7-23)42-19-43-26-12-8-24(9-13-26)34-30(35)28-15-20(17-45-41-2)3-14-27(28)31(36)37/h20-29,33,39H,3-19H2,1-2H3,(H,34,35)(H,36,37). The number of carboxylic acids is 1. The maximum Gasteiger partial charge on any atom is 0.308 e. The van der Waals surface area contributed by atoms with Crippen LogP contribution in [0.2, 0.25) is 0 Å². The van der Waals surface area contributed by atoms with E-state index in [1.165, 1.54) is 14.2 Å². The molecule has 4 aliphatic carbocycles. The molecular weight excluding hydrogens is 588 g/mol. The van der Waals surface area contributed by atoms with Crippen LogP contribution in [0.1, 0.15) is 89.9 Å². The van der Waals surface area contributed by atoms with E-state index in [2.05, 4.69) is 15.5 Å². The van der Waals surface area contributed by atoms with Crippen LogP contribution in [0.25, 0.3) is 0 Å². The van der Waals surface area contributed by atoms with Gasteiger partial charge in [-0.1, -0.05) is 0 Å². The molecule has 45 heavy (non-hydrogen) atoms. The molecular formula is C32H54N2O11. The molecule has 0 aromatic carbocycles. The van der Waals surface area contributed by atoms with Crippen molar-refractivity contribution in [3.05, 3.63) is 0 Å². The molecule has 0 bridgehead atoms. The van der Waals surface area contributed by atoms with Crippen LogP contribution in [-0.2, 0) is 43.3 Å². The lowest BCUT2D eigenvalue weighted by atomic mass is 9.73. The Balaban J connectivity index is 1.11. The first-order chi connectivity index (χ1) is 21.8. The first-order valence-corrected chi connectivity index (χ1v) is 16.8. The van der Waals surface area contributed by atoms with Crippen molar-refractivity contribution in [1.29, 1.82) is 0 Å². The first-order valence-electron chi connectivity index (χ1n) is 16.8. The van der Waals surface area contributed by atoms with Gasteiger partial charge in [0.2, 0.25) is 5.91 Å². The SMILES string of the molecule is COOCC1CCC(C(=O)O)C(C(=O)NC2CCC(OCOC3CCC(NC4CC(C(=O)OC)CCC4COO)CC3)CC2)C1. The van der Waals surface area contributed by atoms with Gasteiger partial charge in [0.05, 0.1) is 57.4 Å². The third kappa shape index (κ3) is 10.8. The molecule has 0 aliphatic heterocycles. The maximum atomic E-state index is 13.1. The lowest BCUT2D eigenvalue weighted by Crippen LogP contribution is -2.49. The predicted octanol–water partition coefficient (Wildman–Crippen LogP) is 3.45. The normalized spacial score (nSPS) is 35.8. The minimum Gasteiger partial charge on any atom is -0.481 e. The van der Waals surface area contributed by atoms with Crippen LogP contribution in [0.4, 0.5) is 0 Å². The Hall–Kier alpha value is -1.87. The van der Waals surface area contributed by atoms with Crippen molar-refractivity contribution < 1.29 is 53.6 Å². The lowest BCUT2D eigenvalue weighted by Gasteiger charge is -2.39. The molecule has 0 heterocycles. The third-order valence-corrected chi connectivity index (χ3v) is 10.6. The van der Waals surface area contributed by atoms with Gasteiger partial charge in [-0.25, -0.2) is 14.7 Å². The highest BCUT2D eigenvalue weighted by atomic mass is 17.2. The molecule has 0 spiro atoms. The molecule has 6 atom stereocenters. The Morgan fingerprint density at radius 2 is 1.42 bits per heavy atom. The summed E-state index contributed by atoms with van der Waals surface area (Å²) >= 11 is 0. The highest BCUT2D eigenvalue weighted by molar-refractivity contribution is 5.85. The molecule has 13 nitrogen and oxygen atoms in total. The second-order valence-corrected chi connectivity index (χ2v) is 13.5. The second kappa shape index (κ2) is 18.5. The topological polar surface area (TPSA) is 171 Å². The summed E-state index contributed by atoms with van der Waals surface area (Å²) in [5.74, 6) is -2.36. The van der Waals surface area contributed by atoms with E-state index in [0.717, 1.165) is 64.2 Å². The molecule has 0 aromatic heterocycles. The smallest absolute Gasteiger partial charge is 0.308 e. The number of ether oxygens (including phenoxy) is 3. The molecule has 4 saturated carbocycles. The molecule has 4 N–H and O–H groups in total. The van der Waals surface area contributed by atoms with E-state index < -0.39 is 17.8 Å². The zero-order valence-electron chi connectivity index (χ0n) is 26.9. The summed E-state index contributed by atoms with van der Waals surface area (Å²) in [5.41, 5.74) is 0. The largest absolute Gasteiger partial charge is 0.481 e. The number of esters is 1. The zero-order valence-corrected chi connectivity index (χ0v) is 26.9. The van der Waals surface area contributed by atoms with Gasteiger partial charge in [-0.3, -0.25) is 19.6 Å². The van der Waals surface area contributed by atoms with Gasteiger partial charge in [-0.15, -0.1) is 0 Å². The van der Waals surface area contributed by atoms with E-state index >= 15 is 0 Å². The fraction of sp³-hybridized carbons (Fsp3) is 0.906. The van der Waals surface area contributed by atoms with Crippen molar-refractivity contribution in [3.63, 3.8) is 0 Å². The van der Waals surface area contributed by atoms with Gasteiger partial charge in [0.1, 0.15) is 6.79 Å². The monoisotopic (exact) mass is 642 g/mol. The quantitative estimate of drug-likeness (QED) is 0.0889. The number of hydrogen-bond acceptors (Lipinski definition) is 11. The Morgan fingerprint density at radius 3 is 2.02 bits per heavy atom. The third-order valence-electron chi connectivity index (χ3n) is 10.6. The van der Waals surface area contributed by atoms with Crippen molar-refractivity contribution in [2.24, 2.45) is 29.6 Å². The number of carbonyl (C=O) groups is 3. The summed E-state index contributed by atoms with van der Waals surface area (Å²) in [6.07, 6.45) is 11.1. The number of amides is 1. The van der Waals surface area contributed by atoms with Crippen LogP contribution in [0, 0.1) is 29.6 Å². The number of aliphatic carboxylic acids is 1. The second-order valence-electron chi connectivity index (χ2n) is 13.5. The Kier molecular flexibility index (Phi) is 14.8. The Morgan fingerprint density at radius 1 is 0.756 bits per heavy atom. The summed E-state index contributed by atoms with van der Waals surface area (Å²) in [6, 6.07) is 0.430. The van der Waals surface area contributed by atoms with Crippen LogP contribution < -0.4 is 10.6 Å². The maximum absolute atomic E-state index is 13.1. The van der Waals surface area contributed by atoms with E-state index in [1.54, 1.807) is 0 Å². The van der Waals surface area contributed by atoms with E-state index in [-0.39, 0.29) is 67.3 Å². The van der Waals surface area contributed by atoms with Crippen molar-refractivity contribution in [3.8, 4) is 0 Å². The molecule has 6 unspecified atom stereocenters. The van der Waals surface area contributed by atoms with Gasteiger partial charge in [-0.05, 0) is 95.8 Å². The van der Waals surface area contributed by atoms with Gasteiger partial charge >= 0.3 is 11.9 Å². The highest BCUT2D eigenvalue weighted by Crippen LogP contribution is 2.36. The molecule has 0 saturated heterocycles. The van der Waals surface area contributed by atoms with Crippen molar-refractivity contribution >= 4 is 17.8 Å². The average Bonchev–Trinajstić information content (AvgIpc) is 3.05. The average molecular weight is 643 g/mol. The summed E-state index contributed by atoms with van der Waals surface area (Å²) in [7, 11) is 2.87. The van der Waals surface area contributed by atoms with Gasteiger partial charge in [0.15, 0.2) is 0 Å². The van der Waals surface area contributed by atoms with Crippen LogP contribution in [0.3, 0.4) is 0 Å². The van der Waals surface area contributed by atoms with E-state index in [1.807, 2.05) is 0 Å². The van der Waals surface area contributed by atoms with Gasteiger partial charge in [-0.2, -0.15) is 0 Å². The van der Waals surface area contributed by atoms with E-state index in [9.17, 15) is 19.5 Å². The highest BCUT2D eigenvalue weighted by Gasteiger charge is 2.40. The van der Waals surface area contributed by atoms with Gasteiger partial charge < -0.3 is 30.0 Å². The van der Waals surface area contributed by atoms with Crippen LogP contribution in [0.5, 0.6) is 0 Å². The van der Waals surface area contributed by atoms with Crippen LogP contribution in [0.15, 0.2) is 0 Å². The molecule has 1 amide bonds. The molecule has 0 radical (unpaired) electrons. The lowest BCUT2D eigenvalue weighted by molar-refractivity contribution is -0.281. The van der Waals surface area contributed by atoms with Gasteiger partial charge in [0, 0.05) is 24.0 Å². The fourth-order valence-corrected chi connectivity index (χ4v) is 7.88. The molecule has 0 aromatic rings. The molecule has 4 fully saturated rings. The number of carboxylic acid groups (broad SMARTS) is 1. The summed E-state index contributed by atoms with van der Waals surface area (Å²) in [5, 5.41) is 25.6. The van der Waals surface area contributed by atoms with Crippen molar-refractivity contribution in [1.82, 2.24) is 10.6 Å². The summed E-state index contributed by atoms with van der Waals surface area (Å²) < 4.78 is 17.1. The Bertz CT molecular complexity index is 923. The van der Waals surface area contributed by atoms with Crippen molar-refractivity contribution in [2.45, 2.75) is 120 Å². The van der Waals surface area contributed by atoms with Crippen LogP contribution >= 0.6 is 0 Å². The summed E-state index contributed by atoms with van der Waals surface area (Å²) in [4.78, 5) is 51.3. The van der Waals surface area contributed by atoms with Crippen LogP contribution in [-0.4, -0.2) is 92.8 Å². The minimum atomic E-state index is -0.914. The predicted molar refractivity (Wildman–Crippen MR) is 161 cm³/mol. The number of rotatable bonds is 15. The zero-order chi connectivity index (χ0) is 32.2. The number of methoxy groups -OCH3 is 1. The number of nitrogens with one attached hydrogen (secondary N) is 2. The number of carbonyl (C=O) groups excluding carboxylic acids is 2. The molecule has 4 aliphatic rings. The number of hydrogen-bond donors (Lipinski definition) is 4. The Labute approximate surface area is 266 Å². The van der Waals surface area contributed by atoms with E-state index in [0.29, 0.717) is 38.3 Å².